The van der Waals surface area contributed by atoms with Crippen LogP contribution < -0.4 is 29.6 Å². The average Bonchev–Trinajstić information content (AvgIpc) is 2.72. The maximum absolute atomic E-state index is 12.0. The number of aryl methyl sites for hydroxylation is 1. The molecule has 0 heterocycles. The summed E-state index contributed by atoms with van der Waals surface area (Å²) >= 11 is 0. The summed E-state index contributed by atoms with van der Waals surface area (Å²) in [6, 6.07) is 11.3. The molecule has 2 N–H and O–H groups in total. The summed E-state index contributed by atoms with van der Waals surface area (Å²) in [6.45, 7) is 5.81. The van der Waals surface area contributed by atoms with E-state index < -0.39 is 0 Å². The van der Waals surface area contributed by atoms with Gasteiger partial charge in [0.05, 0.1) is 27.4 Å². The molecule has 2 aromatic carbocycles. The molecule has 0 radical (unpaired) electrons. The van der Waals surface area contributed by atoms with Gasteiger partial charge in [0.15, 0.2) is 11.5 Å². The van der Waals surface area contributed by atoms with Crippen LogP contribution in [-0.4, -0.2) is 40.0 Å². The molecule has 0 atom stereocenters. The number of benzene rings is 2. The Balaban J connectivity index is 1.75. The van der Waals surface area contributed by atoms with Crippen LogP contribution in [0.1, 0.15) is 24.5 Å². The number of hydrogen-bond acceptors (Lipinski definition) is 5. The van der Waals surface area contributed by atoms with E-state index in [1.807, 2.05) is 50.2 Å². The van der Waals surface area contributed by atoms with E-state index in [0.717, 1.165) is 16.9 Å². The maximum atomic E-state index is 12.0. The number of carbonyl (C=O) groups excluding carboxylic acids is 1. The van der Waals surface area contributed by atoms with Crippen LogP contribution in [0.2, 0.25) is 0 Å². The molecule has 0 aliphatic heterocycles. The standard InChI is InChI=1S/C22H30N2O5/c1-5-28-21-19(26-3)13-17(14-20(21)27-4)15-24-22(25)23-10-7-11-29-18-9-6-8-16(2)12-18/h6,8-9,12-14H,5,7,10-11,15H2,1-4H3,(H2,23,24,25). The van der Waals surface area contributed by atoms with Crippen molar-refractivity contribution in [1.29, 1.82) is 0 Å². The van der Waals surface area contributed by atoms with E-state index in [9.17, 15) is 4.79 Å². The van der Waals surface area contributed by atoms with Gasteiger partial charge in [-0.2, -0.15) is 0 Å². The fraction of sp³-hybridized carbons (Fsp3) is 0.409. The minimum Gasteiger partial charge on any atom is -0.494 e. The fourth-order valence-electron chi connectivity index (χ4n) is 2.74. The van der Waals surface area contributed by atoms with Crippen molar-refractivity contribution in [3.63, 3.8) is 0 Å². The van der Waals surface area contributed by atoms with Crippen LogP contribution >= 0.6 is 0 Å². The first-order valence-corrected chi connectivity index (χ1v) is 9.66. The third kappa shape index (κ3) is 7.10. The van der Waals surface area contributed by atoms with Crippen molar-refractivity contribution < 1.29 is 23.7 Å². The predicted octanol–water partition coefficient (Wildman–Crippen LogP) is 3.68. The summed E-state index contributed by atoms with van der Waals surface area (Å²) in [4.78, 5) is 12.0. The van der Waals surface area contributed by atoms with Gasteiger partial charge in [-0.05, 0) is 55.7 Å². The summed E-state index contributed by atoms with van der Waals surface area (Å²) in [5.41, 5.74) is 2.00. The van der Waals surface area contributed by atoms with Crippen molar-refractivity contribution in [2.24, 2.45) is 0 Å². The highest BCUT2D eigenvalue weighted by Gasteiger charge is 2.14. The fourth-order valence-corrected chi connectivity index (χ4v) is 2.74. The summed E-state index contributed by atoms with van der Waals surface area (Å²) in [7, 11) is 3.14. The normalized spacial score (nSPS) is 10.2. The van der Waals surface area contributed by atoms with E-state index in [1.165, 1.54) is 0 Å². The molecule has 0 fully saturated rings. The van der Waals surface area contributed by atoms with Gasteiger partial charge in [0.25, 0.3) is 0 Å². The van der Waals surface area contributed by atoms with Gasteiger partial charge in [0.1, 0.15) is 5.75 Å². The molecule has 0 aliphatic carbocycles. The van der Waals surface area contributed by atoms with Crippen LogP contribution in [-0.2, 0) is 6.54 Å². The summed E-state index contributed by atoms with van der Waals surface area (Å²) in [6.07, 6.45) is 0.714. The van der Waals surface area contributed by atoms with Gasteiger partial charge in [-0.3, -0.25) is 0 Å². The molecule has 0 spiro atoms. The molecule has 7 heteroatoms. The van der Waals surface area contributed by atoms with Crippen LogP contribution in [0.4, 0.5) is 4.79 Å². The highest BCUT2D eigenvalue weighted by atomic mass is 16.5. The first-order chi connectivity index (χ1) is 14.1. The molecule has 0 aromatic heterocycles. The van der Waals surface area contributed by atoms with Crippen molar-refractivity contribution >= 4 is 6.03 Å². The van der Waals surface area contributed by atoms with Gasteiger partial charge in [0.2, 0.25) is 5.75 Å². The predicted molar refractivity (Wildman–Crippen MR) is 112 cm³/mol. The number of carbonyl (C=O) groups is 1. The molecule has 7 nitrogen and oxygen atoms in total. The van der Waals surface area contributed by atoms with E-state index in [1.54, 1.807) is 14.2 Å². The zero-order valence-corrected chi connectivity index (χ0v) is 17.5. The lowest BCUT2D eigenvalue weighted by molar-refractivity contribution is 0.238. The molecular formula is C22H30N2O5. The van der Waals surface area contributed by atoms with Crippen molar-refractivity contribution in [2.45, 2.75) is 26.8 Å². The third-order valence-corrected chi connectivity index (χ3v) is 4.13. The third-order valence-electron chi connectivity index (χ3n) is 4.13. The molecule has 2 amide bonds. The van der Waals surface area contributed by atoms with Crippen molar-refractivity contribution in [3.05, 3.63) is 47.5 Å². The molecule has 158 valence electrons. The molecule has 2 rings (SSSR count). The minimum absolute atomic E-state index is 0.243. The largest absolute Gasteiger partial charge is 0.494 e. The minimum atomic E-state index is -0.243. The van der Waals surface area contributed by atoms with Crippen LogP contribution in [0.15, 0.2) is 36.4 Å². The van der Waals surface area contributed by atoms with Crippen molar-refractivity contribution in [1.82, 2.24) is 10.6 Å². The van der Waals surface area contributed by atoms with Crippen LogP contribution in [0.3, 0.4) is 0 Å². The van der Waals surface area contributed by atoms with Crippen molar-refractivity contribution in [3.8, 4) is 23.0 Å². The summed E-state index contributed by atoms with van der Waals surface area (Å²) in [5, 5.41) is 5.65. The molecule has 0 unspecified atom stereocenters. The number of methoxy groups -OCH3 is 2. The van der Waals surface area contributed by atoms with Crippen LogP contribution in [0.5, 0.6) is 23.0 Å². The van der Waals surface area contributed by atoms with E-state index >= 15 is 0 Å². The molecule has 0 saturated carbocycles. The maximum Gasteiger partial charge on any atom is 0.315 e. The monoisotopic (exact) mass is 402 g/mol. The van der Waals surface area contributed by atoms with E-state index in [2.05, 4.69) is 10.6 Å². The molecule has 0 aliphatic rings. The Morgan fingerprint density at radius 2 is 1.72 bits per heavy atom. The van der Waals surface area contributed by atoms with E-state index in [-0.39, 0.29) is 6.03 Å². The first-order valence-electron chi connectivity index (χ1n) is 9.66. The molecule has 2 aromatic rings. The molecular weight excluding hydrogens is 372 g/mol. The summed E-state index contributed by atoms with van der Waals surface area (Å²) < 4.78 is 22.0. The van der Waals surface area contributed by atoms with Crippen LogP contribution in [0, 0.1) is 6.92 Å². The zero-order valence-electron chi connectivity index (χ0n) is 17.5. The Morgan fingerprint density at radius 3 is 2.34 bits per heavy atom. The number of nitrogens with one attached hydrogen (secondary N) is 2. The molecule has 0 bridgehead atoms. The topological polar surface area (TPSA) is 78.1 Å². The van der Waals surface area contributed by atoms with Gasteiger partial charge in [0, 0.05) is 13.1 Å². The van der Waals surface area contributed by atoms with Gasteiger partial charge in [-0.15, -0.1) is 0 Å². The number of amides is 2. The average molecular weight is 402 g/mol. The smallest absolute Gasteiger partial charge is 0.315 e. The second-order valence-electron chi connectivity index (χ2n) is 6.39. The highest BCUT2D eigenvalue weighted by Crippen LogP contribution is 2.38. The van der Waals surface area contributed by atoms with Gasteiger partial charge in [-0.25, -0.2) is 4.79 Å². The second-order valence-corrected chi connectivity index (χ2v) is 6.39. The lowest BCUT2D eigenvalue weighted by atomic mass is 10.2. The SMILES string of the molecule is CCOc1c(OC)cc(CNC(=O)NCCCOc2cccc(C)c2)cc1OC. The lowest BCUT2D eigenvalue weighted by Gasteiger charge is -2.15. The number of ether oxygens (including phenoxy) is 4. The van der Waals surface area contributed by atoms with Crippen molar-refractivity contribution in [2.75, 3.05) is 34.0 Å². The van der Waals surface area contributed by atoms with Crippen LogP contribution in [0.25, 0.3) is 0 Å². The second kappa shape index (κ2) is 11.7. The quantitative estimate of drug-likeness (QED) is 0.561. The Hall–Kier alpha value is -3.09. The molecule has 29 heavy (non-hydrogen) atoms. The van der Waals surface area contributed by atoms with Gasteiger partial charge in [-0.1, -0.05) is 12.1 Å². The Kier molecular flexibility index (Phi) is 8.95. The first kappa shape index (κ1) is 22.2. The Labute approximate surface area is 172 Å². The summed E-state index contributed by atoms with van der Waals surface area (Å²) in [5.74, 6) is 2.53. The van der Waals surface area contributed by atoms with Gasteiger partial charge < -0.3 is 29.6 Å². The Morgan fingerprint density at radius 1 is 1.00 bits per heavy atom. The molecule has 0 saturated heterocycles. The van der Waals surface area contributed by atoms with E-state index in [0.29, 0.717) is 50.0 Å². The van der Waals surface area contributed by atoms with Gasteiger partial charge >= 0.3 is 6.03 Å². The number of urea groups is 1. The van der Waals surface area contributed by atoms with E-state index in [4.69, 9.17) is 18.9 Å². The highest BCUT2D eigenvalue weighted by molar-refractivity contribution is 5.73. The number of rotatable bonds is 11. The lowest BCUT2D eigenvalue weighted by Crippen LogP contribution is -2.36. The Bertz CT molecular complexity index is 770. The zero-order chi connectivity index (χ0) is 21.1. The number of hydrogen-bond donors (Lipinski definition) is 2.